The van der Waals surface area contributed by atoms with E-state index >= 15 is 0 Å². The van der Waals surface area contributed by atoms with Crippen LogP contribution in [0.4, 0.5) is 0 Å². The highest BCUT2D eigenvalue weighted by molar-refractivity contribution is 6.20. The number of halogens is 1. The molecule has 1 aliphatic carbocycles. The van der Waals surface area contributed by atoms with E-state index in [1.807, 2.05) is 24.3 Å². The molecule has 1 fully saturated rings. The highest BCUT2D eigenvalue weighted by atomic mass is 35.5. The van der Waals surface area contributed by atoms with E-state index in [1.54, 1.807) is 0 Å². The number of rotatable bonds is 6. The summed E-state index contributed by atoms with van der Waals surface area (Å²) in [4.78, 5) is 0. The Morgan fingerprint density at radius 2 is 1.90 bits per heavy atom. The monoisotopic (exact) mass is 296 g/mol. The molecule has 0 bridgehead atoms. The lowest BCUT2D eigenvalue weighted by Crippen LogP contribution is -2.11. The molecular formula is C17H25ClO2. The number of hydrogen-bond donors (Lipinski definition) is 2. The third-order valence-corrected chi connectivity index (χ3v) is 4.66. The van der Waals surface area contributed by atoms with E-state index in [0.717, 1.165) is 30.4 Å². The predicted molar refractivity (Wildman–Crippen MR) is 83.2 cm³/mol. The second-order valence-electron chi connectivity index (χ2n) is 5.92. The fourth-order valence-corrected chi connectivity index (χ4v) is 3.41. The van der Waals surface area contributed by atoms with Gasteiger partial charge in [0.2, 0.25) is 0 Å². The Balaban J connectivity index is 1.95. The van der Waals surface area contributed by atoms with Crippen LogP contribution in [0.15, 0.2) is 24.3 Å². The lowest BCUT2D eigenvalue weighted by Gasteiger charge is -2.16. The summed E-state index contributed by atoms with van der Waals surface area (Å²) in [6.45, 7) is 2.16. The average molecular weight is 297 g/mol. The van der Waals surface area contributed by atoms with Gasteiger partial charge in [0.25, 0.3) is 0 Å². The maximum absolute atomic E-state index is 10.1. The molecule has 112 valence electrons. The van der Waals surface area contributed by atoms with Crippen molar-refractivity contribution in [1.29, 1.82) is 0 Å². The van der Waals surface area contributed by atoms with Crippen molar-refractivity contribution in [1.82, 2.24) is 0 Å². The van der Waals surface area contributed by atoms with Gasteiger partial charge in [-0.05, 0) is 30.4 Å². The molecule has 3 heteroatoms. The van der Waals surface area contributed by atoms with Crippen molar-refractivity contribution in [3.63, 3.8) is 0 Å². The summed E-state index contributed by atoms with van der Waals surface area (Å²) < 4.78 is 0. The Kier molecular flexibility index (Phi) is 5.88. The number of alkyl halides is 1. The van der Waals surface area contributed by atoms with Crippen LogP contribution in [0.2, 0.25) is 0 Å². The van der Waals surface area contributed by atoms with Crippen molar-refractivity contribution >= 4 is 11.6 Å². The van der Waals surface area contributed by atoms with Crippen LogP contribution in [0, 0.1) is 0 Å². The molecule has 2 N–H and O–H groups in total. The van der Waals surface area contributed by atoms with Crippen molar-refractivity contribution < 1.29 is 10.2 Å². The predicted octanol–water partition coefficient (Wildman–Crippen LogP) is 4.15. The molecule has 0 radical (unpaired) electrons. The normalized spacial score (nSPS) is 27.7. The molecule has 1 aliphatic rings. The summed E-state index contributed by atoms with van der Waals surface area (Å²) in [6, 6.07) is 8.03. The van der Waals surface area contributed by atoms with Gasteiger partial charge in [-0.25, -0.2) is 0 Å². The minimum atomic E-state index is -0.370. The van der Waals surface area contributed by atoms with Crippen molar-refractivity contribution in [2.24, 2.45) is 0 Å². The summed E-state index contributed by atoms with van der Waals surface area (Å²) in [6.07, 6.45) is 5.03. The summed E-state index contributed by atoms with van der Waals surface area (Å²) in [5, 5.41) is 20.2. The van der Waals surface area contributed by atoms with Gasteiger partial charge < -0.3 is 10.2 Å². The van der Waals surface area contributed by atoms with E-state index in [2.05, 4.69) is 6.92 Å². The molecule has 0 aliphatic heterocycles. The van der Waals surface area contributed by atoms with Gasteiger partial charge in [0.05, 0.1) is 12.2 Å². The SMILES string of the molecule is CCCCC[C@@H](O)c1ccc(C2C[C@H](Cl)C[C@H]2O)cc1. The van der Waals surface area contributed by atoms with Crippen molar-refractivity contribution in [2.45, 2.75) is 69.0 Å². The number of benzene rings is 1. The first-order valence-corrected chi connectivity index (χ1v) is 8.15. The highest BCUT2D eigenvalue weighted by Crippen LogP contribution is 2.37. The Morgan fingerprint density at radius 1 is 1.20 bits per heavy atom. The van der Waals surface area contributed by atoms with E-state index in [9.17, 15) is 10.2 Å². The maximum Gasteiger partial charge on any atom is 0.0790 e. The van der Waals surface area contributed by atoms with Crippen LogP contribution < -0.4 is 0 Å². The molecule has 0 saturated heterocycles. The Bertz CT molecular complexity index is 404. The zero-order valence-electron chi connectivity index (χ0n) is 12.1. The molecule has 1 aromatic rings. The molecule has 2 rings (SSSR count). The number of unbranched alkanes of at least 4 members (excludes halogenated alkanes) is 2. The molecule has 4 atom stereocenters. The van der Waals surface area contributed by atoms with E-state index in [1.165, 1.54) is 12.8 Å². The van der Waals surface area contributed by atoms with Gasteiger partial charge >= 0.3 is 0 Å². The van der Waals surface area contributed by atoms with Crippen LogP contribution in [0.1, 0.15) is 68.6 Å². The van der Waals surface area contributed by atoms with Gasteiger partial charge in [0.15, 0.2) is 0 Å². The number of aliphatic hydroxyl groups is 2. The topological polar surface area (TPSA) is 40.5 Å². The minimum Gasteiger partial charge on any atom is -0.392 e. The number of hydrogen-bond acceptors (Lipinski definition) is 2. The second-order valence-corrected chi connectivity index (χ2v) is 6.54. The van der Waals surface area contributed by atoms with Crippen LogP contribution >= 0.6 is 11.6 Å². The average Bonchev–Trinajstić information content (AvgIpc) is 2.78. The smallest absolute Gasteiger partial charge is 0.0790 e. The molecule has 2 nitrogen and oxygen atoms in total. The molecular weight excluding hydrogens is 272 g/mol. The molecule has 1 unspecified atom stereocenters. The molecule has 0 heterocycles. The number of aliphatic hydroxyl groups excluding tert-OH is 2. The van der Waals surface area contributed by atoms with Gasteiger partial charge in [-0.3, -0.25) is 0 Å². The standard InChI is InChI=1S/C17H25ClO2/c1-2-3-4-5-16(19)13-8-6-12(7-9-13)15-10-14(18)11-17(15)20/h6-9,14-17,19-20H,2-5,10-11H2,1H3/t14-,15?,16+,17+/m0/s1. The van der Waals surface area contributed by atoms with Gasteiger partial charge in [0, 0.05) is 11.3 Å². The highest BCUT2D eigenvalue weighted by Gasteiger charge is 2.32. The molecule has 20 heavy (non-hydrogen) atoms. The minimum absolute atomic E-state index is 0.0781. The first-order valence-electron chi connectivity index (χ1n) is 7.72. The van der Waals surface area contributed by atoms with Gasteiger partial charge in [-0.15, -0.1) is 11.6 Å². The first-order chi connectivity index (χ1) is 9.61. The van der Waals surface area contributed by atoms with Crippen LogP contribution in [0.5, 0.6) is 0 Å². The van der Waals surface area contributed by atoms with E-state index in [-0.39, 0.29) is 23.5 Å². The summed E-state index contributed by atoms with van der Waals surface area (Å²) >= 11 is 6.10. The fourth-order valence-electron chi connectivity index (χ4n) is 3.03. The lowest BCUT2D eigenvalue weighted by atomic mass is 9.93. The van der Waals surface area contributed by atoms with Gasteiger partial charge in [0.1, 0.15) is 0 Å². The summed E-state index contributed by atoms with van der Waals surface area (Å²) in [7, 11) is 0. The van der Waals surface area contributed by atoms with E-state index in [4.69, 9.17) is 11.6 Å². The second kappa shape index (κ2) is 7.44. The van der Waals surface area contributed by atoms with E-state index in [0.29, 0.717) is 6.42 Å². The quantitative estimate of drug-likeness (QED) is 0.612. The van der Waals surface area contributed by atoms with Crippen molar-refractivity contribution in [3.8, 4) is 0 Å². The van der Waals surface area contributed by atoms with E-state index < -0.39 is 0 Å². The molecule has 1 saturated carbocycles. The van der Waals surface area contributed by atoms with Gasteiger partial charge in [-0.1, -0.05) is 50.5 Å². The Labute approximate surface area is 126 Å². The van der Waals surface area contributed by atoms with Gasteiger partial charge in [-0.2, -0.15) is 0 Å². The third-order valence-electron chi connectivity index (χ3n) is 4.30. The third kappa shape index (κ3) is 3.97. The molecule has 0 spiro atoms. The fraction of sp³-hybridized carbons (Fsp3) is 0.647. The summed E-state index contributed by atoms with van der Waals surface area (Å²) in [5.41, 5.74) is 2.10. The molecule has 1 aromatic carbocycles. The zero-order valence-corrected chi connectivity index (χ0v) is 12.9. The first kappa shape index (κ1) is 15.8. The Hall–Kier alpha value is -0.570. The lowest BCUT2D eigenvalue weighted by molar-refractivity contribution is 0.162. The Morgan fingerprint density at radius 3 is 2.45 bits per heavy atom. The molecule has 0 amide bonds. The van der Waals surface area contributed by atoms with Crippen LogP contribution in [-0.4, -0.2) is 21.7 Å². The van der Waals surface area contributed by atoms with Crippen molar-refractivity contribution in [3.05, 3.63) is 35.4 Å². The van der Waals surface area contributed by atoms with Crippen LogP contribution in [0.25, 0.3) is 0 Å². The largest absolute Gasteiger partial charge is 0.392 e. The summed E-state index contributed by atoms with van der Waals surface area (Å²) in [5.74, 6) is 0.142. The molecule has 0 aromatic heterocycles. The zero-order chi connectivity index (χ0) is 14.5. The van der Waals surface area contributed by atoms with Crippen molar-refractivity contribution in [2.75, 3.05) is 0 Å². The van der Waals surface area contributed by atoms with Crippen LogP contribution in [0.3, 0.4) is 0 Å². The maximum atomic E-state index is 10.1. The van der Waals surface area contributed by atoms with Crippen LogP contribution in [-0.2, 0) is 0 Å².